The minimum atomic E-state index is -0.673. The topological polar surface area (TPSA) is 57.0 Å². The molecule has 1 aliphatic carbocycles. The van der Waals surface area contributed by atoms with Gasteiger partial charge < -0.3 is 4.74 Å². The van der Waals surface area contributed by atoms with Crippen molar-refractivity contribution in [2.75, 3.05) is 7.11 Å². The fraction of sp³-hybridized carbons (Fsp3) is 0.750. The van der Waals surface area contributed by atoms with E-state index in [1.54, 1.807) is 14.2 Å². The summed E-state index contributed by atoms with van der Waals surface area (Å²) in [7, 11) is 3.36. The number of ketones is 1. The van der Waals surface area contributed by atoms with Crippen LogP contribution in [0.1, 0.15) is 43.1 Å². The molecule has 94 valence electrons. The SMILES string of the molecule is COC1(C(=O)c2cnnn2C)CCCC(C)C1. The van der Waals surface area contributed by atoms with Crippen molar-refractivity contribution in [1.82, 2.24) is 15.0 Å². The first-order valence-corrected chi connectivity index (χ1v) is 6.04. The van der Waals surface area contributed by atoms with Crippen LogP contribution in [0.3, 0.4) is 0 Å². The van der Waals surface area contributed by atoms with E-state index in [1.165, 1.54) is 17.3 Å². The van der Waals surface area contributed by atoms with Crippen LogP contribution in [0.15, 0.2) is 6.20 Å². The number of nitrogens with zero attached hydrogens (tertiary/aromatic N) is 3. The fourth-order valence-corrected chi connectivity index (χ4v) is 2.72. The molecule has 1 fully saturated rings. The zero-order valence-electron chi connectivity index (χ0n) is 10.6. The molecule has 0 radical (unpaired) electrons. The zero-order valence-corrected chi connectivity index (χ0v) is 10.6. The van der Waals surface area contributed by atoms with Crippen LogP contribution in [-0.4, -0.2) is 33.5 Å². The van der Waals surface area contributed by atoms with Crippen LogP contribution in [0.4, 0.5) is 0 Å². The van der Waals surface area contributed by atoms with Crippen molar-refractivity contribution >= 4 is 5.78 Å². The summed E-state index contributed by atoms with van der Waals surface area (Å²) in [5.74, 6) is 0.535. The highest BCUT2D eigenvalue weighted by atomic mass is 16.5. The Balaban J connectivity index is 2.29. The highest BCUT2D eigenvalue weighted by Crippen LogP contribution is 2.36. The molecule has 1 aromatic rings. The molecular weight excluding hydrogens is 218 g/mol. The molecule has 5 nitrogen and oxygen atoms in total. The Morgan fingerprint density at radius 1 is 1.65 bits per heavy atom. The predicted molar refractivity (Wildman–Crippen MR) is 62.7 cm³/mol. The largest absolute Gasteiger partial charge is 0.370 e. The van der Waals surface area contributed by atoms with Crippen molar-refractivity contribution in [3.8, 4) is 0 Å². The van der Waals surface area contributed by atoms with Crippen molar-refractivity contribution in [2.24, 2.45) is 13.0 Å². The lowest BCUT2D eigenvalue weighted by molar-refractivity contribution is -0.0308. The van der Waals surface area contributed by atoms with E-state index in [-0.39, 0.29) is 5.78 Å². The average Bonchev–Trinajstić information content (AvgIpc) is 2.74. The van der Waals surface area contributed by atoms with Gasteiger partial charge in [0.05, 0.1) is 6.20 Å². The Morgan fingerprint density at radius 3 is 2.94 bits per heavy atom. The molecule has 2 atom stereocenters. The van der Waals surface area contributed by atoms with Gasteiger partial charge in [-0.05, 0) is 25.2 Å². The molecule has 0 saturated heterocycles. The van der Waals surface area contributed by atoms with Gasteiger partial charge in [-0.15, -0.1) is 5.10 Å². The van der Waals surface area contributed by atoms with E-state index in [2.05, 4.69) is 17.2 Å². The van der Waals surface area contributed by atoms with Gasteiger partial charge in [0.25, 0.3) is 0 Å². The third-order valence-electron chi connectivity index (χ3n) is 3.71. The average molecular weight is 237 g/mol. The van der Waals surface area contributed by atoms with Crippen LogP contribution in [-0.2, 0) is 11.8 Å². The Labute approximate surface area is 101 Å². The molecule has 0 amide bonds. The van der Waals surface area contributed by atoms with Gasteiger partial charge in [0.15, 0.2) is 0 Å². The minimum Gasteiger partial charge on any atom is -0.370 e. The van der Waals surface area contributed by atoms with Crippen molar-refractivity contribution in [3.63, 3.8) is 0 Å². The summed E-state index contributed by atoms with van der Waals surface area (Å²) in [6, 6.07) is 0. The third kappa shape index (κ3) is 2.11. The second kappa shape index (κ2) is 4.56. The normalized spacial score (nSPS) is 29.2. The standard InChI is InChI=1S/C12H19N3O2/c1-9-5-4-6-12(7-9,17-3)11(16)10-8-13-14-15(10)2/h8-9H,4-7H2,1-3H3. The molecule has 1 heterocycles. The molecule has 0 spiro atoms. The monoisotopic (exact) mass is 237 g/mol. The van der Waals surface area contributed by atoms with E-state index in [9.17, 15) is 4.79 Å². The van der Waals surface area contributed by atoms with Crippen molar-refractivity contribution in [2.45, 2.75) is 38.2 Å². The molecule has 1 aliphatic rings. The number of Topliss-reactive ketones (excluding diaryl/α,β-unsaturated/α-hetero) is 1. The van der Waals surface area contributed by atoms with Gasteiger partial charge >= 0.3 is 0 Å². The van der Waals surface area contributed by atoms with E-state index in [4.69, 9.17) is 4.74 Å². The Kier molecular flexibility index (Phi) is 3.28. The lowest BCUT2D eigenvalue weighted by Gasteiger charge is -2.37. The second-order valence-electron chi connectivity index (χ2n) is 4.97. The van der Waals surface area contributed by atoms with Crippen molar-refractivity contribution < 1.29 is 9.53 Å². The van der Waals surface area contributed by atoms with Gasteiger partial charge in [-0.3, -0.25) is 4.79 Å². The van der Waals surface area contributed by atoms with Crippen LogP contribution in [0.2, 0.25) is 0 Å². The van der Waals surface area contributed by atoms with Gasteiger partial charge in [-0.1, -0.05) is 18.6 Å². The molecule has 2 rings (SSSR count). The summed E-state index contributed by atoms with van der Waals surface area (Å²) in [4.78, 5) is 12.6. The minimum absolute atomic E-state index is 0.0130. The number of methoxy groups -OCH3 is 1. The Bertz CT molecular complexity index is 416. The van der Waals surface area contributed by atoms with Gasteiger partial charge in [0, 0.05) is 14.2 Å². The summed E-state index contributed by atoms with van der Waals surface area (Å²) >= 11 is 0. The van der Waals surface area contributed by atoms with Gasteiger partial charge in [-0.25, -0.2) is 4.68 Å². The van der Waals surface area contributed by atoms with E-state index in [0.29, 0.717) is 11.6 Å². The summed E-state index contributed by atoms with van der Waals surface area (Å²) in [5, 5.41) is 7.57. The summed E-state index contributed by atoms with van der Waals surface area (Å²) in [6.07, 6.45) is 5.29. The molecule has 0 aromatic carbocycles. The quantitative estimate of drug-likeness (QED) is 0.749. The summed E-state index contributed by atoms with van der Waals surface area (Å²) in [5.41, 5.74) is -0.145. The molecule has 1 aromatic heterocycles. The molecule has 0 aliphatic heterocycles. The number of hydrogen-bond donors (Lipinski definition) is 0. The maximum atomic E-state index is 12.6. The first kappa shape index (κ1) is 12.2. The molecule has 5 heteroatoms. The number of carbonyl (C=O) groups is 1. The van der Waals surface area contributed by atoms with Gasteiger partial charge in [-0.2, -0.15) is 0 Å². The van der Waals surface area contributed by atoms with E-state index < -0.39 is 5.60 Å². The highest BCUT2D eigenvalue weighted by Gasteiger charge is 2.43. The number of ether oxygens (including phenoxy) is 1. The molecule has 1 saturated carbocycles. The van der Waals surface area contributed by atoms with Gasteiger partial charge in [0.2, 0.25) is 5.78 Å². The molecule has 0 N–H and O–H groups in total. The zero-order chi connectivity index (χ0) is 12.5. The maximum Gasteiger partial charge on any atom is 0.214 e. The second-order valence-corrected chi connectivity index (χ2v) is 4.97. The van der Waals surface area contributed by atoms with Crippen LogP contribution in [0, 0.1) is 5.92 Å². The highest BCUT2D eigenvalue weighted by molar-refractivity contribution is 6.01. The Morgan fingerprint density at radius 2 is 2.41 bits per heavy atom. The van der Waals surface area contributed by atoms with Crippen molar-refractivity contribution in [3.05, 3.63) is 11.9 Å². The third-order valence-corrected chi connectivity index (χ3v) is 3.71. The molecule has 0 bridgehead atoms. The number of hydrogen-bond acceptors (Lipinski definition) is 4. The first-order chi connectivity index (χ1) is 8.09. The van der Waals surface area contributed by atoms with Gasteiger partial charge in [0.1, 0.15) is 11.3 Å². The van der Waals surface area contributed by atoms with Crippen LogP contribution in [0.5, 0.6) is 0 Å². The number of aryl methyl sites for hydroxylation is 1. The number of carbonyl (C=O) groups excluding carboxylic acids is 1. The van der Waals surface area contributed by atoms with E-state index in [0.717, 1.165) is 19.3 Å². The lowest BCUT2D eigenvalue weighted by atomic mass is 9.75. The fourth-order valence-electron chi connectivity index (χ4n) is 2.72. The number of aromatic nitrogens is 3. The molecule has 2 unspecified atom stereocenters. The van der Waals surface area contributed by atoms with E-state index in [1.807, 2.05) is 0 Å². The summed E-state index contributed by atoms with van der Waals surface area (Å²) in [6.45, 7) is 2.17. The summed E-state index contributed by atoms with van der Waals surface area (Å²) < 4.78 is 7.09. The lowest BCUT2D eigenvalue weighted by Crippen LogP contribution is -2.45. The smallest absolute Gasteiger partial charge is 0.214 e. The first-order valence-electron chi connectivity index (χ1n) is 6.04. The molecule has 17 heavy (non-hydrogen) atoms. The van der Waals surface area contributed by atoms with Crippen LogP contribution in [0.25, 0.3) is 0 Å². The maximum absolute atomic E-state index is 12.6. The van der Waals surface area contributed by atoms with Crippen molar-refractivity contribution in [1.29, 1.82) is 0 Å². The predicted octanol–water partition coefficient (Wildman–Crippen LogP) is 1.59. The Hall–Kier alpha value is -1.23. The van der Waals surface area contributed by atoms with E-state index >= 15 is 0 Å². The van der Waals surface area contributed by atoms with Crippen LogP contribution < -0.4 is 0 Å². The number of rotatable bonds is 3. The van der Waals surface area contributed by atoms with Crippen LogP contribution >= 0.6 is 0 Å². The molecular formula is C12H19N3O2.